The second-order valence-corrected chi connectivity index (χ2v) is 7.12. The predicted molar refractivity (Wildman–Crippen MR) is 89.4 cm³/mol. The first-order valence-corrected chi connectivity index (χ1v) is 9.94. The molecule has 1 rings (SSSR count). The molecule has 0 heterocycles. The fraction of sp³-hybridized carbons (Fsp3) is 1.00. The average molecular weight is 323 g/mol. The molecule has 1 saturated carbocycles. The number of hydrogen-bond donors (Lipinski definition) is 2. The van der Waals surface area contributed by atoms with Gasteiger partial charge in [0.1, 0.15) is 0 Å². The van der Waals surface area contributed by atoms with Crippen molar-refractivity contribution in [1.29, 1.82) is 0 Å². The van der Waals surface area contributed by atoms with Gasteiger partial charge in [0.05, 0.1) is 5.75 Å². The van der Waals surface area contributed by atoms with Gasteiger partial charge in [-0.15, -0.1) is 0 Å². The molecule has 21 heavy (non-hydrogen) atoms. The molecule has 2 N–H and O–H groups in total. The fourth-order valence-electron chi connectivity index (χ4n) is 2.54. The number of hydrogen-bond acceptors (Lipinski definition) is 4. The van der Waals surface area contributed by atoms with Gasteiger partial charge < -0.3 is 10.2 Å². The van der Waals surface area contributed by atoms with Gasteiger partial charge in [-0.05, 0) is 45.4 Å². The van der Waals surface area contributed by atoms with E-state index in [2.05, 4.69) is 31.0 Å². The number of nitrogens with zero attached hydrogens (tertiary/aromatic N) is 1. The Morgan fingerprint density at radius 2 is 1.57 bits per heavy atom. The highest BCUT2D eigenvalue weighted by atomic mass is 32.2. The van der Waals surface area contributed by atoms with E-state index >= 15 is 0 Å². The molecule has 128 valence electrons. The Labute approximate surface area is 131 Å². The summed E-state index contributed by atoms with van der Waals surface area (Å²) in [5, 5.41) is 3.32. The minimum Gasteiger partial charge on any atom is -0.314 e. The maximum absolute atomic E-state index is 10.4. The second-order valence-electron chi connectivity index (χ2n) is 5.55. The lowest BCUT2D eigenvalue weighted by Gasteiger charge is -2.22. The van der Waals surface area contributed by atoms with Crippen LogP contribution in [0.5, 0.6) is 0 Å². The minimum atomic E-state index is -3.77. The van der Waals surface area contributed by atoms with Gasteiger partial charge in [0.25, 0.3) is 10.1 Å². The highest BCUT2D eigenvalue weighted by Crippen LogP contribution is 2.17. The van der Waals surface area contributed by atoms with Crippen LogP contribution in [0.25, 0.3) is 0 Å². The van der Waals surface area contributed by atoms with Crippen molar-refractivity contribution in [2.75, 3.05) is 31.9 Å². The van der Waals surface area contributed by atoms with Crippen LogP contribution in [0, 0.1) is 0 Å². The van der Waals surface area contributed by atoms with Crippen LogP contribution >= 0.6 is 0 Å². The summed E-state index contributed by atoms with van der Waals surface area (Å²) in [7, 11) is -3.77. The van der Waals surface area contributed by atoms with Crippen LogP contribution in [0.2, 0.25) is 0 Å². The summed E-state index contributed by atoms with van der Waals surface area (Å²) < 4.78 is 29.3. The van der Waals surface area contributed by atoms with Gasteiger partial charge >= 0.3 is 0 Å². The van der Waals surface area contributed by atoms with Crippen LogP contribution in [0.4, 0.5) is 0 Å². The van der Waals surface area contributed by atoms with E-state index in [0.29, 0.717) is 19.0 Å². The maximum Gasteiger partial charge on any atom is 0.264 e. The van der Waals surface area contributed by atoms with Crippen LogP contribution < -0.4 is 5.32 Å². The van der Waals surface area contributed by atoms with Gasteiger partial charge in [-0.3, -0.25) is 4.55 Å². The lowest BCUT2D eigenvalue weighted by Crippen LogP contribution is -2.32. The Morgan fingerprint density at radius 1 is 1.05 bits per heavy atom. The monoisotopic (exact) mass is 322 g/mol. The molecule has 0 aromatic carbocycles. The predicted octanol–water partition coefficient (Wildman–Crippen LogP) is 2.53. The summed E-state index contributed by atoms with van der Waals surface area (Å²) in [6.07, 6.45) is 6.77. The van der Waals surface area contributed by atoms with Crippen LogP contribution in [0.15, 0.2) is 0 Å². The van der Waals surface area contributed by atoms with Crippen LogP contribution in [-0.4, -0.2) is 55.8 Å². The summed E-state index contributed by atoms with van der Waals surface area (Å²) in [4.78, 5) is 2.38. The fourth-order valence-corrected chi connectivity index (χ4v) is 3.05. The van der Waals surface area contributed by atoms with Crippen molar-refractivity contribution in [3.05, 3.63) is 0 Å². The Kier molecular flexibility index (Phi) is 12.3. The molecule has 0 saturated heterocycles. The molecule has 1 aliphatic rings. The number of nitrogens with one attached hydrogen (secondary N) is 1. The van der Waals surface area contributed by atoms with Crippen molar-refractivity contribution in [2.45, 2.75) is 65.3 Å². The molecule has 5 nitrogen and oxygen atoms in total. The smallest absolute Gasteiger partial charge is 0.264 e. The molecule has 1 fully saturated rings. The average Bonchev–Trinajstić information content (AvgIpc) is 2.46. The first kappa shape index (κ1) is 20.8. The number of rotatable bonds is 8. The van der Waals surface area contributed by atoms with Crippen LogP contribution in [-0.2, 0) is 10.1 Å². The Morgan fingerprint density at radius 3 is 1.95 bits per heavy atom. The van der Waals surface area contributed by atoms with Crippen LogP contribution in [0.3, 0.4) is 0 Å². The Hall–Kier alpha value is -0.170. The van der Waals surface area contributed by atoms with Gasteiger partial charge in [-0.1, -0.05) is 40.0 Å². The summed E-state index contributed by atoms with van der Waals surface area (Å²) in [5.41, 5.74) is 0. The topological polar surface area (TPSA) is 69.6 Å². The maximum atomic E-state index is 10.4. The zero-order valence-corrected chi connectivity index (χ0v) is 14.8. The molecule has 1 aliphatic carbocycles. The molecule has 0 aromatic rings. The lowest BCUT2D eigenvalue weighted by molar-refractivity contribution is 0.321. The van der Waals surface area contributed by atoms with E-state index in [1.54, 1.807) is 0 Å². The Balaban J connectivity index is 0.000000486. The van der Waals surface area contributed by atoms with Gasteiger partial charge in [-0.2, -0.15) is 8.42 Å². The first-order valence-electron chi connectivity index (χ1n) is 8.33. The molecule has 0 amide bonds. The third kappa shape index (κ3) is 13.2. The lowest BCUT2D eigenvalue weighted by atomic mass is 9.95. The van der Waals surface area contributed by atoms with Crippen LogP contribution in [0.1, 0.15) is 59.3 Å². The quantitative estimate of drug-likeness (QED) is 0.531. The van der Waals surface area contributed by atoms with Gasteiger partial charge in [0.15, 0.2) is 0 Å². The first-order chi connectivity index (χ1) is 9.92. The highest BCUT2D eigenvalue weighted by molar-refractivity contribution is 7.85. The van der Waals surface area contributed by atoms with Gasteiger partial charge in [-0.25, -0.2) is 0 Å². The zero-order valence-electron chi connectivity index (χ0n) is 14.0. The van der Waals surface area contributed by atoms with E-state index in [1.807, 2.05) is 0 Å². The largest absolute Gasteiger partial charge is 0.314 e. The van der Waals surface area contributed by atoms with Gasteiger partial charge in [0, 0.05) is 6.04 Å². The molecule has 0 atom stereocenters. The van der Waals surface area contributed by atoms with E-state index in [0.717, 1.165) is 0 Å². The van der Waals surface area contributed by atoms with Crippen molar-refractivity contribution >= 4 is 10.1 Å². The SMILES string of the molecule is CCN(CC)CC.O=S(=O)(O)CCCNC1CCCCC1. The summed E-state index contributed by atoms with van der Waals surface area (Å²) >= 11 is 0. The summed E-state index contributed by atoms with van der Waals surface area (Å²) in [5.74, 6) is -0.132. The summed E-state index contributed by atoms with van der Waals surface area (Å²) in [6, 6.07) is 0.560. The molecule has 0 aromatic heterocycles. The van der Waals surface area contributed by atoms with E-state index in [1.165, 1.54) is 51.7 Å². The molecule has 0 unspecified atom stereocenters. The summed E-state index contributed by atoms with van der Waals surface area (Å²) in [6.45, 7) is 10.8. The molecule has 0 bridgehead atoms. The second kappa shape index (κ2) is 12.4. The Bertz CT molecular complexity index is 318. The third-order valence-electron chi connectivity index (χ3n) is 3.96. The van der Waals surface area contributed by atoms with Crippen molar-refractivity contribution in [3.8, 4) is 0 Å². The molecule has 6 heteroatoms. The van der Waals surface area contributed by atoms with Crippen molar-refractivity contribution < 1.29 is 13.0 Å². The van der Waals surface area contributed by atoms with Crippen molar-refractivity contribution in [3.63, 3.8) is 0 Å². The van der Waals surface area contributed by atoms with Crippen molar-refractivity contribution in [2.24, 2.45) is 0 Å². The standard InChI is InChI=1S/C9H19NO3S.C6H15N/c11-14(12,13)8-4-7-10-9-5-2-1-3-6-9;1-4-7(5-2)6-3/h9-10H,1-8H2,(H,11,12,13);4-6H2,1-3H3. The van der Waals surface area contributed by atoms with E-state index in [4.69, 9.17) is 4.55 Å². The van der Waals surface area contributed by atoms with E-state index in [-0.39, 0.29) is 5.75 Å². The zero-order chi connectivity index (χ0) is 16.1. The highest BCUT2D eigenvalue weighted by Gasteiger charge is 2.12. The third-order valence-corrected chi connectivity index (χ3v) is 4.76. The molecule has 0 spiro atoms. The normalized spacial score (nSPS) is 16.6. The molecule has 0 radical (unpaired) electrons. The molecule has 0 aliphatic heterocycles. The minimum absolute atomic E-state index is 0.132. The van der Waals surface area contributed by atoms with Crippen molar-refractivity contribution in [1.82, 2.24) is 10.2 Å². The molecular weight excluding hydrogens is 288 g/mol. The molecular formula is C15H34N2O3S. The van der Waals surface area contributed by atoms with E-state index < -0.39 is 10.1 Å². The van der Waals surface area contributed by atoms with E-state index in [9.17, 15) is 8.42 Å². The van der Waals surface area contributed by atoms with Gasteiger partial charge in [0.2, 0.25) is 0 Å².